The van der Waals surface area contributed by atoms with E-state index in [1.54, 1.807) is 18.2 Å². The summed E-state index contributed by atoms with van der Waals surface area (Å²) < 4.78 is 7.81. The second-order valence-electron chi connectivity index (χ2n) is 6.60. The Hall–Kier alpha value is -3.33. The SMILES string of the molecule is [C-]#[N+]c1ccc(Cn2c(CO)nc3cc(OCc4ccccc4)c(Cl)cc32)cc1. The number of aromatic nitrogens is 2. The van der Waals surface area contributed by atoms with E-state index in [4.69, 9.17) is 22.9 Å². The molecule has 0 saturated carbocycles. The summed E-state index contributed by atoms with van der Waals surface area (Å²) in [5.74, 6) is 1.10. The molecule has 0 atom stereocenters. The molecule has 5 nitrogen and oxygen atoms in total. The molecule has 144 valence electrons. The van der Waals surface area contributed by atoms with E-state index in [0.29, 0.717) is 41.0 Å². The standard InChI is InChI=1S/C23H18ClN3O2/c1-25-18-9-7-16(8-10-18)13-27-21-11-19(24)22(12-20(21)26-23(27)14-28)29-15-17-5-3-2-4-6-17/h2-12,28H,13-15H2. The third-order valence-electron chi connectivity index (χ3n) is 4.67. The number of fused-ring (bicyclic) bond motifs is 1. The second-order valence-corrected chi connectivity index (χ2v) is 7.00. The first-order chi connectivity index (χ1) is 14.2. The van der Waals surface area contributed by atoms with E-state index in [2.05, 4.69) is 9.83 Å². The lowest BCUT2D eigenvalue weighted by Gasteiger charge is -2.11. The van der Waals surface area contributed by atoms with Crippen LogP contribution in [-0.2, 0) is 19.8 Å². The Bertz CT molecular complexity index is 1180. The van der Waals surface area contributed by atoms with E-state index < -0.39 is 0 Å². The van der Waals surface area contributed by atoms with Crippen molar-refractivity contribution in [2.45, 2.75) is 19.8 Å². The Balaban J connectivity index is 1.64. The van der Waals surface area contributed by atoms with E-state index in [9.17, 15) is 5.11 Å². The molecule has 0 aliphatic rings. The molecule has 0 amide bonds. The van der Waals surface area contributed by atoms with Gasteiger partial charge in [-0.05, 0) is 17.2 Å². The molecule has 1 heterocycles. The van der Waals surface area contributed by atoms with Gasteiger partial charge in [-0.25, -0.2) is 9.83 Å². The molecule has 0 unspecified atom stereocenters. The Labute approximate surface area is 173 Å². The summed E-state index contributed by atoms with van der Waals surface area (Å²) in [6.07, 6.45) is 0. The molecule has 0 saturated heterocycles. The highest BCUT2D eigenvalue weighted by Gasteiger charge is 2.14. The average Bonchev–Trinajstić information content (AvgIpc) is 3.09. The van der Waals surface area contributed by atoms with Gasteiger partial charge in [-0.1, -0.05) is 66.2 Å². The van der Waals surface area contributed by atoms with Gasteiger partial charge in [0.1, 0.15) is 24.8 Å². The normalized spacial score (nSPS) is 10.8. The van der Waals surface area contributed by atoms with Gasteiger partial charge in [0, 0.05) is 12.6 Å². The van der Waals surface area contributed by atoms with E-state index in [1.165, 1.54) is 0 Å². The fraction of sp³-hybridized carbons (Fsp3) is 0.130. The maximum absolute atomic E-state index is 9.78. The monoisotopic (exact) mass is 403 g/mol. The minimum absolute atomic E-state index is 0.188. The molecule has 0 fully saturated rings. The van der Waals surface area contributed by atoms with Crippen molar-refractivity contribution in [2.75, 3.05) is 0 Å². The first-order valence-corrected chi connectivity index (χ1v) is 9.48. The summed E-state index contributed by atoms with van der Waals surface area (Å²) in [4.78, 5) is 7.96. The number of benzene rings is 3. The van der Waals surface area contributed by atoms with E-state index in [1.807, 2.05) is 53.1 Å². The van der Waals surface area contributed by atoms with Gasteiger partial charge in [-0.15, -0.1) is 0 Å². The number of aliphatic hydroxyl groups is 1. The van der Waals surface area contributed by atoms with Crippen molar-refractivity contribution in [3.63, 3.8) is 0 Å². The van der Waals surface area contributed by atoms with Crippen LogP contribution in [0.25, 0.3) is 15.9 Å². The van der Waals surface area contributed by atoms with Gasteiger partial charge in [0.05, 0.1) is 22.6 Å². The molecular formula is C23H18ClN3O2. The lowest BCUT2D eigenvalue weighted by molar-refractivity contribution is 0.267. The summed E-state index contributed by atoms with van der Waals surface area (Å²) in [6.45, 7) is 7.81. The molecule has 6 heteroatoms. The van der Waals surface area contributed by atoms with Crippen molar-refractivity contribution >= 4 is 28.3 Å². The quantitative estimate of drug-likeness (QED) is 0.441. The van der Waals surface area contributed by atoms with E-state index >= 15 is 0 Å². The lowest BCUT2D eigenvalue weighted by atomic mass is 10.2. The number of nitrogens with zero attached hydrogens (tertiary/aromatic N) is 3. The van der Waals surface area contributed by atoms with Gasteiger partial charge >= 0.3 is 0 Å². The maximum Gasteiger partial charge on any atom is 0.187 e. The van der Waals surface area contributed by atoms with Crippen molar-refractivity contribution < 1.29 is 9.84 Å². The molecular weight excluding hydrogens is 386 g/mol. The first-order valence-electron chi connectivity index (χ1n) is 9.10. The molecule has 29 heavy (non-hydrogen) atoms. The molecule has 0 radical (unpaired) electrons. The van der Waals surface area contributed by atoms with Gasteiger partial charge in [-0.2, -0.15) is 0 Å². The second kappa shape index (κ2) is 8.36. The van der Waals surface area contributed by atoms with Crippen LogP contribution in [0.15, 0.2) is 66.7 Å². The van der Waals surface area contributed by atoms with Crippen molar-refractivity contribution in [3.8, 4) is 5.75 Å². The van der Waals surface area contributed by atoms with Crippen LogP contribution < -0.4 is 4.74 Å². The van der Waals surface area contributed by atoms with Crippen LogP contribution >= 0.6 is 11.6 Å². The maximum atomic E-state index is 9.78. The van der Waals surface area contributed by atoms with Crippen molar-refractivity contribution in [3.05, 3.63) is 100 Å². The summed E-state index contributed by atoms with van der Waals surface area (Å²) >= 11 is 6.47. The zero-order valence-electron chi connectivity index (χ0n) is 15.5. The van der Waals surface area contributed by atoms with Crippen molar-refractivity contribution in [2.24, 2.45) is 0 Å². The van der Waals surface area contributed by atoms with E-state index in [-0.39, 0.29) is 6.61 Å². The number of rotatable bonds is 6. The largest absolute Gasteiger partial charge is 0.487 e. The molecule has 0 spiro atoms. The molecule has 4 rings (SSSR count). The number of imidazole rings is 1. The Morgan fingerprint density at radius 2 is 1.79 bits per heavy atom. The highest BCUT2D eigenvalue weighted by Crippen LogP contribution is 2.32. The molecule has 0 aliphatic carbocycles. The lowest BCUT2D eigenvalue weighted by Crippen LogP contribution is -2.05. The predicted octanol–water partition coefficient (Wildman–Crippen LogP) is 5.36. The highest BCUT2D eigenvalue weighted by molar-refractivity contribution is 6.32. The number of aliphatic hydroxyl groups excluding tert-OH is 1. The van der Waals surface area contributed by atoms with Gasteiger partial charge in [0.25, 0.3) is 0 Å². The minimum atomic E-state index is -0.188. The van der Waals surface area contributed by atoms with Gasteiger partial charge in [0.15, 0.2) is 5.69 Å². The number of hydrogen-bond donors (Lipinski definition) is 1. The van der Waals surface area contributed by atoms with Gasteiger partial charge in [0.2, 0.25) is 0 Å². The number of ether oxygens (including phenoxy) is 1. The first kappa shape index (κ1) is 19.0. The zero-order chi connectivity index (χ0) is 20.2. The van der Waals surface area contributed by atoms with Crippen LogP contribution in [-0.4, -0.2) is 14.7 Å². The average molecular weight is 404 g/mol. The molecule has 1 aromatic heterocycles. The van der Waals surface area contributed by atoms with Crippen molar-refractivity contribution in [1.82, 2.24) is 9.55 Å². The molecule has 0 aliphatic heterocycles. The van der Waals surface area contributed by atoms with Gasteiger partial charge < -0.3 is 14.4 Å². The molecule has 4 aromatic rings. The fourth-order valence-corrected chi connectivity index (χ4v) is 3.39. The van der Waals surface area contributed by atoms with Crippen LogP contribution in [0.5, 0.6) is 5.75 Å². The summed E-state index contributed by atoms with van der Waals surface area (Å²) in [6, 6.07) is 20.8. The van der Waals surface area contributed by atoms with E-state index in [0.717, 1.165) is 16.6 Å². The Kier molecular flexibility index (Phi) is 5.48. The molecule has 0 bridgehead atoms. The summed E-state index contributed by atoms with van der Waals surface area (Å²) in [5, 5.41) is 10.3. The minimum Gasteiger partial charge on any atom is -0.487 e. The summed E-state index contributed by atoms with van der Waals surface area (Å²) in [5.41, 5.74) is 4.18. The third-order valence-corrected chi connectivity index (χ3v) is 4.96. The topological polar surface area (TPSA) is 51.6 Å². The van der Waals surface area contributed by atoms with Crippen LogP contribution in [0, 0.1) is 6.57 Å². The van der Waals surface area contributed by atoms with Crippen LogP contribution in [0.4, 0.5) is 5.69 Å². The van der Waals surface area contributed by atoms with Crippen molar-refractivity contribution in [1.29, 1.82) is 0 Å². The third kappa shape index (κ3) is 4.09. The van der Waals surface area contributed by atoms with Crippen LogP contribution in [0.2, 0.25) is 5.02 Å². The number of halogens is 1. The highest BCUT2D eigenvalue weighted by atomic mass is 35.5. The smallest absolute Gasteiger partial charge is 0.187 e. The Morgan fingerprint density at radius 3 is 2.48 bits per heavy atom. The summed E-state index contributed by atoms with van der Waals surface area (Å²) in [7, 11) is 0. The predicted molar refractivity (Wildman–Crippen MR) is 113 cm³/mol. The van der Waals surface area contributed by atoms with Crippen LogP contribution in [0.1, 0.15) is 17.0 Å². The zero-order valence-corrected chi connectivity index (χ0v) is 16.3. The molecule has 3 aromatic carbocycles. The van der Waals surface area contributed by atoms with Crippen LogP contribution in [0.3, 0.4) is 0 Å². The van der Waals surface area contributed by atoms with Gasteiger partial charge in [-0.3, -0.25) is 0 Å². The Morgan fingerprint density at radius 1 is 1.03 bits per heavy atom. The number of hydrogen-bond acceptors (Lipinski definition) is 3. The molecule has 1 N–H and O–H groups in total. The fourth-order valence-electron chi connectivity index (χ4n) is 3.18.